The Labute approximate surface area is 182 Å². The van der Waals surface area contributed by atoms with Crippen molar-refractivity contribution in [3.63, 3.8) is 0 Å². The van der Waals surface area contributed by atoms with Crippen LogP contribution in [0.15, 0.2) is 83.8 Å². The third kappa shape index (κ3) is 3.71. The molecule has 31 heavy (non-hydrogen) atoms. The van der Waals surface area contributed by atoms with Crippen molar-refractivity contribution in [2.75, 3.05) is 13.1 Å². The van der Waals surface area contributed by atoms with Crippen molar-refractivity contribution < 1.29 is 12.8 Å². The maximum atomic E-state index is 13.6. The van der Waals surface area contributed by atoms with Crippen LogP contribution in [0.1, 0.15) is 22.6 Å². The van der Waals surface area contributed by atoms with Crippen molar-refractivity contribution in [1.29, 1.82) is 0 Å². The van der Waals surface area contributed by atoms with E-state index in [0.717, 1.165) is 22.8 Å². The monoisotopic (exact) mass is 434 g/mol. The van der Waals surface area contributed by atoms with Crippen LogP contribution >= 0.6 is 0 Å². The molecule has 4 nitrogen and oxygen atoms in total. The molecule has 2 aliphatic heterocycles. The molecule has 0 spiro atoms. The first kappa shape index (κ1) is 20.1. The maximum Gasteiger partial charge on any atom is 0.243 e. The van der Waals surface area contributed by atoms with E-state index in [2.05, 4.69) is 53.9 Å². The van der Waals surface area contributed by atoms with E-state index < -0.39 is 15.8 Å². The summed E-state index contributed by atoms with van der Waals surface area (Å²) in [7, 11) is -3.73. The predicted molar refractivity (Wildman–Crippen MR) is 120 cm³/mol. The van der Waals surface area contributed by atoms with Gasteiger partial charge in [0, 0.05) is 31.1 Å². The molecule has 3 aromatic carbocycles. The van der Waals surface area contributed by atoms with Gasteiger partial charge in [0.25, 0.3) is 0 Å². The van der Waals surface area contributed by atoms with Crippen molar-refractivity contribution >= 4 is 22.2 Å². The first-order valence-corrected chi connectivity index (χ1v) is 11.8. The van der Waals surface area contributed by atoms with E-state index in [0.29, 0.717) is 13.1 Å². The van der Waals surface area contributed by atoms with Gasteiger partial charge in [0.2, 0.25) is 10.0 Å². The molecular formula is C25H23FN2O2S. The third-order valence-corrected chi connectivity index (χ3v) is 8.10. The van der Waals surface area contributed by atoms with E-state index in [1.54, 1.807) is 4.31 Å². The second kappa shape index (κ2) is 8.04. The van der Waals surface area contributed by atoms with Crippen LogP contribution in [0.3, 0.4) is 0 Å². The Kier molecular flexibility index (Phi) is 5.22. The van der Waals surface area contributed by atoms with Crippen molar-refractivity contribution in [3.8, 4) is 0 Å². The lowest BCUT2D eigenvalue weighted by Crippen LogP contribution is -2.73. The highest BCUT2D eigenvalue weighted by molar-refractivity contribution is 7.89. The number of rotatable bonds is 5. The second-order valence-corrected chi connectivity index (χ2v) is 9.86. The number of sulfonamides is 1. The van der Waals surface area contributed by atoms with Gasteiger partial charge >= 0.3 is 0 Å². The molecule has 1 N–H and O–H groups in total. The van der Waals surface area contributed by atoms with E-state index in [1.807, 2.05) is 18.2 Å². The Morgan fingerprint density at radius 2 is 1.48 bits per heavy atom. The van der Waals surface area contributed by atoms with Gasteiger partial charge in [-0.1, -0.05) is 72.8 Å². The summed E-state index contributed by atoms with van der Waals surface area (Å²) in [6.45, 7) is 1.18. The van der Waals surface area contributed by atoms with Crippen molar-refractivity contribution in [2.45, 2.75) is 22.9 Å². The van der Waals surface area contributed by atoms with E-state index in [-0.39, 0.29) is 22.9 Å². The molecule has 3 atom stereocenters. The van der Waals surface area contributed by atoms with Gasteiger partial charge in [-0.05, 0) is 34.9 Å². The third-order valence-electron chi connectivity index (χ3n) is 6.15. The van der Waals surface area contributed by atoms with Gasteiger partial charge in [0.05, 0.1) is 4.90 Å². The Balaban J connectivity index is 1.36. The zero-order chi connectivity index (χ0) is 21.4. The van der Waals surface area contributed by atoms with Crippen LogP contribution in [0, 0.1) is 5.82 Å². The van der Waals surface area contributed by atoms with Crippen LogP contribution in [-0.2, 0) is 10.0 Å². The molecule has 2 aliphatic rings. The van der Waals surface area contributed by atoms with E-state index in [4.69, 9.17) is 0 Å². The molecule has 0 aliphatic carbocycles. The van der Waals surface area contributed by atoms with Gasteiger partial charge in [-0.25, -0.2) is 12.8 Å². The number of hydrogen-bond acceptors (Lipinski definition) is 3. The number of piperidine rings is 1. The van der Waals surface area contributed by atoms with Gasteiger partial charge < -0.3 is 5.32 Å². The molecule has 6 heteroatoms. The van der Waals surface area contributed by atoms with Crippen molar-refractivity contribution in [1.82, 2.24) is 9.62 Å². The molecule has 0 radical (unpaired) electrons. The van der Waals surface area contributed by atoms with Gasteiger partial charge in [0.1, 0.15) is 5.82 Å². The van der Waals surface area contributed by atoms with Gasteiger partial charge in [-0.2, -0.15) is 4.31 Å². The molecule has 2 saturated heterocycles. The van der Waals surface area contributed by atoms with E-state index >= 15 is 0 Å². The van der Waals surface area contributed by atoms with Crippen LogP contribution < -0.4 is 5.32 Å². The molecule has 2 bridgehead atoms. The lowest BCUT2D eigenvalue weighted by atomic mass is 9.75. The number of hydrogen-bond donors (Lipinski definition) is 1. The molecule has 0 aromatic heterocycles. The van der Waals surface area contributed by atoms with Crippen molar-refractivity contribution in [2.24, 2.45) is 0 Å². The summed E-state index contributed by atoms with van der Waals surface area (Å²) in [5.74, 6) is -0.405. The lowest BCUT2D eigenvalue weighted by Gasteiger charge is -2.57. The molecule has 1 unspecified atom stereocenters. The van der Waals surface area contributed by atoms with Crippen LogP contribution in [0.5, 0.6) is 0 Å². The zero-order valence-electron chi connectivity index (χ0n) is 16.9. The number of fused-ring (bicyclic) bond motifs is 2. The Morgan fingerprint density at radius 3 is 2.13 bits per heavy atom. The minimum atomic E-state index is -3.73. The Bertz CT molecular complexity index is 1200. The Morgan fingerprint density at radius 1 is 0.839 bits per heavy atom. The number of benzene rings is 3. The van der Waals surface area contributed by atoms with Gasteiger partial charge in [-0.15, -0.1) is 0 Å². The molecule has 3 aromatic rings. The highest BCUT2D eigenvalue weighted by Crippen LogP contribution is 2.45. The molecule has 0 amide bonds. The first-order valence-electron chi connectivity index (χ1n) is 10.4. The maximum absolute atomic E-state index is 13.6. The molecular weight excluding hydrogens is 411 g/mol. The number of halogens is 1. The van der Waals surface area contributed by atoms with E-state index in [9.17, 15) is 12.8 Å². The molecule has 5 rings (SSSR count). The highest BCUT2D eigenvalue weighted by atomic mass is 32.2. The normalized spacial score (nSPS) is 23.6. The molecule has 2 heterocycles. The summed E-state index contributed by atoms with van der Waals surface area (Å²) in [6, 6.07) is 23.4. The minimum Gasteiger partial charge on any atom is -0.313 e. The standard InChI is InChI=1S/C25H23FN2O2S/c26-21-7-4-8-22(15-21)31(29,30)28-23-16-27-17-24(28)25(23)20-13-11-19(12-14-20)10-9-18-5-2-1-3-6-18/h1-15,23-25,27H,16-17H2/b10-9+/t23-,24+,25?. The summed E-state index contributed by atoms with van der Waals surface area (Å²) in [4.78, 5) is 0.0178. The van der Waals surface area contributed by atoms with E-state index in [1.165, 1.54) is 18.2 Å². The minimum absolute atomic E-state index is 0.0178. The topological polar surface area (TPSA) is 49.4 Å². The average Bonchev–Trinajstić information content (AvgIpc) is 2.79. The summed E-state index contributed by atoms with van der Waals surface area (Å²) >= 11 is 0. The lowest BCUT2D eigenvalue weighted by molar-refractivity contribution is 0.0370. The fraction of sp³-hybridized carbons (Fsp3) is 0.200. The quantitative estimate of drug-likeness (QED) is 0.615. The average molecular weight is 435 g/mol. The number of piperazine rings is 1. The zero-order valence-corrected chi connectivity index (χ0v) is 17.7. The smallest absolute Gasteiger partial charge is 0.243 e. The van der Waals surface area contributed by atoms with Crippen LogP contribution in [-0.4, -0.2) is 37.9 Å². The number of nitrogens with one attached hydrogen (secondary N) is 1. The molecule has 0 saturated carbocycles. The largest absolute Gasteiger partial charge is 0.313 e. The summed E-state index contributed by atoms with van der Waals surface area (Å²) in [5.41, 5.74) is 3.38. The predicted octanol–water partition coefficient (Wildman–Crippen LogP) is 4.12. The SMILES string of the molecule is O=S(=O)(c1cccc(F)c1)N1[C@@H]2CNC[C@H]1C2c1ccc(/C=C/c2ccccc2)cc1. The Hall–Kier alpha value is -2.80. The number of nitrogens with zero attached hydrogens (tertiary/aromatic N) is 1. The van der Waals surface area contributed by atoms with Crippen LogP contribution in [0.25, 0.3) is 12.2 Å². The van der Waals surface area contributed by atoms with Crippen LogP contribution in [0.4, 0.5) is 4.39 Å². The summed E-state index contributed by atoms with van der Waals surface area (Å²) < 4.78 is 41.5. The molecule has 2 fully saturated rings. The fourth-order valence-electron chi connectivity index (χ4n) is 4.67. The second-order valence-electron chi connectivity index (χ2n) is 8.02. The fourth-order valence-corrected chi connectivity index (χ4v) is 6.55. The van der Waals surface area contributed by atoms with Gasteiger partial charge in [0.15, 0.2) is 0 Å². The summed E-state index contributed by atoms with van der Waals surface area (Å²) in [6.07, 6.45) is 4.15. The summed E-state index contributed by atoms with van der Waals surface area (Å²) in [5, 5.41) is 3.31. The van der Waals surface area contributed by atoms with Crippen molar-refractivity contribution in [3.05, 3.63) is 101 Å². The molecule has 158 valence electrons. The highest BCUT2D eigenvalue weighted by Gasteiger charge is 2.56. The van der Waals surface area contributed by atoms with Gasteiger partial charge in [-0.3, -0.25) is 0 Å². The first-order chi connectivity index (χ1) is 15.0. The van der Waals surface area contributed by atoms with Crippen LogP contribution in [0.2, 0.25) is 0 Å².